The Bertz CT molecular complexity index is 1610. The minimum absolute atomic E-state index is 0.251. The third-order valence-corrected chi connectivity index (χ3v) is 16.2. The van der Waals surface area contributed by atoms with Crippen LogP contribution in [0.25, 0.3) is 0 Å². The normalized spacial score (nSPS) is 24.3. The number of unbranched alkanes of at least 4 members (excludes halogenated alkanes) is 33. The Morgan fingerprint density at radius 3 is 1.27 bits per heavy atom. The van der Waals surface area contributed by atoms with Crippen molar-refractivity contribution in [3.63, 3.8) is 0 Å². The number of aliphatic hydroxyl groups excluding tert-OH is 8. The van der Waals surface area contributed by atoms with Gasteiger partial charge in [0.25, 0.3) is 0 Å². The molecule has 2 saturated heterocycles. The highest BCUT2D eigenvalue weighted by Crippen LogP contribution is 2.30. The van der Waals surface area contributed by atoms with Crippen LogP contribution in [-0.4, -0.2) is 140 Å². The van der Waals surface area contributed by atoms with E-state index in [2.05, 4.69) is 67.8 Å². The Morgan fingerprint density at radius 2 is 0.817 bits per heavy atom. The lowest BCUT2D eigenvalue weighted by molar-refractivity contribution is -0.359. The van der Waals surface area contributed by atoms with Gasteiger partial charge in [-0.3, -0.25) is 4.79 Å². The molecule has 1 amide bonds. The first-order valence-electron chi connectivity index (χ1n) is 33.5. The van der Waals surface area contributed by atoms with Crippen LogP contribution in [0.2, 0.25) is 0 Å². The van der Waals surface area contributed by atoms with E-state index in [1.165, 1.54) is 186 Å². The monoisotopic (exact) mass is 1160 g/mol. The first kappa shape index (κ1) is 75.8. The predicted molar refractivity (Wildman–Crippen MR) is 332 cm³/mol. The number of hydrogen-bond donors (Lipinski definition) is 9. The first-order valence-corrected chi connectivity index (χ1v) is 33.5. The highest BCUT2D eigenvalue weighted by atomic mass is 16.7. The Kier molecular flexibility index (Phi) is 49.0. The highest BCUT2D eigenvalue weighted by Gasteiger charge is 2.51. The van der Waals surface area contributed by atoms with Gasteiger partial charge in [-0.05, 0) is 77.0 Å². The summed E-state index contributed by atoms with van der Waals surface area (Å²) in [6.07, 6.45) is 52.7. The van der Waals surface area contributed by atoms with Gasteiger partial charge in [0.15, 0.2) is 12.6 Å². The Balaban J connectivity index is 1.70. The quantitative estimate of drug-likeness (QED) is 0.0204. The van der Waals surface area contributed by atoms with Crippen molar-refractivity contribution in [1.29, 1.82) is 0 Å². The van der Waals surface area contributed by atoms with Crippen LogP contribution in [0.4, 0.5) is 0 Å². The van der Waals surface area contributed by atoms with Gasteiger partial charge in [0.05, 0.1) is 32.0 Å². The molecule has 0 aromatic rings. The molecule has 12 unspecified atom stereocenters. The fourth-order valence-electron chi connectivity index (χ4n) is 10.8. The number of rotatable bonds is 54. The van der Waals surface area contributed by atoms with Crippen LogP contribution < -0.4 is 5.32 Å². The van der Waals surface area contributed by atoms with Crippen LogP contribution in [0, 0.1) is 0 Å². The molecule has 478 valence electrons. The van der Waals surface area contributed by atoms with E-state index in [4.69, 9.17) is 18.9 Å². The summed E-state index contributed by atoms with van der Waals surface area (Å²) in [6.45, 7) is 2.78. The number of allylic oxidation sites excluding steroid dienone is 9. The van der Waals surface area contributed by atoms with Crippen LogP contribution in [-0.2, 0) is 23.7 Å². The molecular weight excluding hydrogens is 1040 g/mol. The van der Waals surface area contributed by atoms with Crippen molar-refractivity contribution in [2.24, 2.45) is 0 Å². The van der Waals surface area contributed by atoms with Gasteiger partial charge >= 0.3 is 0 Å². The number of carbonyl (C=O) groups is 1. The number of ether oxygens (including phenoxy) is 4. The van der Waals surface area contributed by atoms with E-state index in [9.17, 15) is 45.6 Å². The average Bonchev–Trinajstić information content (AvgIpc) is 3.65. The van der Waals surface area contributed by atoms with Crippen LogP contribution in [0.5, 0.6) is 0 Å². The van der Waals surface area contributed by atoms with Crippen molar-refractivity contribution >= 4 is 5.91 Å². The molecule has 14 nitrogen and oxygen atoms in total. The Morgan fingerprint density at radius 1 is 0.439 bits per heavy atom. The molecule has 2 heterocycles. The molecule has 0 aromatic heterocycles. The summed E-state index contributed by atoms with van der Waals surface area (Å²) >= 11 is 0. The van der Waals surface area contributed by atoms with Crippen molar-refractivity contribution in [3.8, 4) is 0 Å². The molecule has 82 heavy (non-hydrogen) atoms. The van der Waals surface area contributed by atoms with Crippen LogP contribution >= 0.6 is 0 Å². The molecule has 12 atom stereocenters. The third-order valence-electron chi connectivity index (χ3n) is 16.2. The van der Waals surface area contributed by atoms with Gasteiger partial charge in [-0.1, -0.05) is 248 Å². The fourth-order valence-corrected chi connectivity index (χ4v) is 10.8. The van der Waals surface area contributed by atoms with Gasteiger partial charge in [0.2, 0.25) is 5.91 Å². The summed E-state index contributed by atoms with van der Waals surface area (Å²) in [5.74, 6) is -0.251. The molecule has 2 aliphatic rings. The van der Waals surface area contributed by atoms with Gasteiger partial charge in [0, 0.05) is 6.42 Å². The maximum absolute atomic E-state index is 13.3. The lowest BCUT2D eigenvalue weighted by Gasteiger charge is -2.46. The third kappa shape index (κ3) is 37.3. The van der Waals surface area contributed by atoms with Gasteiger partial charge in [-0.25, -0.2) is 0 Å². The average molecular weight is 1160 g/mol. The number of carbonyl (C=O) groups excluding carboxylic acids is 1. The molecule has 2 rings (SSSR count). The van der Waals surface area contributed by atoms with E-state index in [1.807, 2.05) is 6.08 Å². The Hall–Kier alpha value is -2.31. The van der Waals surface area contributed by atoms with E-state index in [1.54, 1.807) is 6.08 Å². The molecule has 0 aliphatic carbocycles. The van der Waals surface area contributed by atoms with Gasteiger partial charge in [0.1, 0.15) is 48.8 Å². The summed E-state index contributed by atoms with van der Waals surface area (Å²) < 4.78 is 22.8. The maximum Gasteiger partial charge on any atom is 0.220 e. The zero-order chi connectivity index (χ0) is 59.5. The van der Waals surface area contributed by atoms with Crippen molar-refractivity contribution in [1.82, 2.24) is 5.32 Å². The zero-order valence-electron chi connectivity index (χ0n) is 51.7. The SMILES string of the molecule is CCCCCCC/C=C\C/C=C\CCCCCCCCCCCCCCCCCCCC(=O)NC(COC1OC(CO)C(OC2OC(CO)C(O)C(O)C2O)C(O)C1O)C(O)/C=C/CC/C=C/CC/C=C/CCCCCCCCCCC. The van der Waals surface area contributed by atoms with Gasteiger partial charge in [-0.15, -0.1) is 0 Å². The lowest BCUT2D eigenvalue weighted by atomic mass is 9.97. The molecule has 0 aromatic carbocycles. The number of nitrogens with one attached hydrogen (secondary N) is 1. The molecule has 0 radical (unpaired) electrons. The van der Waals surface area contributed by atoms with E-state index < -0.39 is 86.8 Å². The van der Waals surface area contributed by atoms with Crippen LogP contribution in [0.15, 0.2) is 60.8 Å². The van der Waals surface area contributed by atoms with Gasteiger partial charge in [-0.2, -0.15) is 0 Å². The van der Waals surface area contributed by atoms with E-state index in [0.29, 0.717) is 12.8 Å². The van der Waals surface area contributed by atoms with Crippen molar-refractivity contribution in [2.45, 2.75) is 344 Å². The largest absolute Gasteiger partial charge is 0.394 e. The zero-order valence-corrected chi connectivity index (χ0v) is 51.7. The molecule has 0 saturated carbocycles. The van der Waals surface area contributed by atoms with Crippen molar-refractivity contribution < 1.29 is 64.6 Å². The first-order chi connectivity index (χ1) is 40.1. The molecule has 0 bridgehead atoms. The summed E-state index contributed by atoms with van der Waals surface area (Å²) in [7, 11) is 0. The van der Waals surface area contributed by atoms with Crippen LogP contribution in [0.1, 0.15) is 271 Å². The van der Waals surface area contributed by atoms with Crippen molar-refractivity contribution in [3.05, 3.63) is 60.8 Å². The molecule has 2 fully saturated rings. The second kappa shape index (κ2) is 53.0. The van der Waals surface area contributed by atoms with E-state index in [0.717, 1.165) is 51.4 Å². The number of amides is 1. The fraction of sp³-hybridized carbons (Fsp3) is 0.838. The van der Waals surface area contributed by atoms with Crippen molar-refractivity contribution in [2.75, 3.05) is 19.8 Å². The molecule has 9 N–H and O–H groups in total. The predicted octanol–water partition coefficient (Wildman–Crippen LogP) is 12.9. The molecule has 0 spiro atoms. The molecule has 2 aliphatic heterocycles. The summed E-state index contributed by atoms with van der Waals surface area (Å²) in [4.78, 5) is 13.3. The van der Waals surface area contributed by atoms with E-state index >= 15 is 0 Å². The lowest BCUT2D eigenvalue weighted by Crippen LogP contribution is -2.65. The number of aliphatic hydroxyl groups is 8. The highest BCUT2D eigenvalue weighted by molar-refractivity contribution is 5.76. The molecular formula is C68H123NO13. The molecule has 14 heteroatoms. The topological polar surface area (TPSA) is 228 Å². The maximum atomic E-state index is 13.3. The van der Waals surface area contributed by atoms with E-state index in [-0.39, 0.29) is 18.9 Å². The Labute approximate surface area is 498 Å². The summed E-state index contributed by atoms with van der Waals surface area (Å²) in [5.41, 5.74) is 0. The smallest absolute Gasteiger partial charge is 0.220 e. The summed E-state index contributed by atoms with van der Waals surface area (Å²) in [6, 6.07) is -0.939. The second-order valence-corrected chi connectivity index (χ2v) is 23.6. The van der Waals surface area contributed by atoms with Crippen LogP contribution in [0.3, 0.4) is 0 Å². The minimum Gasteiger partial charge on any atom is -0.394 e. The summed E-state index contributed by atoms with van der Waals surface area (Å²) in [5, 5.41) is 87.3. The number of hydrogen-bond acceptors (Lipinski definition) is 13. The standard InChI is InChI=1S/C68H123NO13/c1-3-5-7-9-11-13-15-17-19-21-23-24-25-26-27-28-29-30-31-32-34-36-38-40-42-44-46-48-50-52-60(73)69-56(57(72)51-49-47-45-43-41-39-37-35-33-22-20-18-16-14-12-10-8-6-4-2)55-79-67-65(78)63(76)66(59(54-71)81-67)82-68-64(77)62(75)61(74)58(53-70)80-68/h15,17,21,23,33,35,41,43,49,51,56-59,61-68,70-72,74-78H,3-14,16,18-20,22,24-32,34,36-40,42,44-48,50,52-55H2,1-2H3,(H,69,73)/b17-15-,23-21-,35-33+,43-41+,51-49+. The second-order valence-electron chi connectivity index (χ2n) is 23.6. The van der Waals surface area contributed by atoms with Gasteiger partial charge < -0.3 is 65.1 Å². The minimum atomic E-state index is -1.79.